The fraction of sp³-hybridized carbons (Fsp3) is 0.0492. The van der Waals surface area contributed by atoms with E-state index in [2.05, 4.69) is 229 Å². The first kappa shape index (κ1) is 34.7. The van der Waals surface area contributed by atoms with Gasteiger partial charge in [0.05, 0.1) is 22.1 Å². The Morgan fingerprint density at radius 2 is 0.921 bits per heavy atom. The van der Waals surface area contributed by atoms with Crippen LogP contribution in [-0.4, -0.2) is 9.13 Å². The normalized spacial score (nSPS) is 13.4. The Hall–Kier alpha value is -7.94. The van der Waals surface area contributed by atoms with E-state index >= 15 is 0 Å². The Morgan fingerprint density at radius 3 is 1.71 bits per heavy atom. The molecule has 0 bridgehead atoms. The highest BCUT2D eigenvalue weighted by Gasteiger charge is 2.36. The van der Waals surface area contributed by atoms with Crippen molar-refractivity contribution in [3.8, 4) is 33.6 Å². The van der Waals surface area contributed by atoms with Gasteiger partial charge in [0.2, 0.25) is 0 Å². The van der Waals surface area contributed by atoms with Crippen molar-refractivity contribution in [1.82, 2.24) is 9.13 Å². The summed E-state index contributed by atoms with van der Waals surface area (Å²) in [4.78, 5) is 0. The second kappa shape index (κ2) is 12.6. The van der Waals surface area contributed by atoms with Crippen LogP contribution in [0.2, 0.25) is 0 Å². The quantitative estimate of drug-likeness (QED) is 0.158. The summed E-state index contributed by atoms with van der Waals surface area (Å²) in [6.07, 6.45) is 0. The number of benzene rings is 11. The van der Waals surface area contributed by atoms with Gasteiger partial charge in [-0.1, -0.05) is 166 Å². The summed E-state index contributed by atoms with van der Waals surface area (Å²) in [5.74, 6) is 0. The van der Waals surface area contributed by atoms with E-state index in [4.69, 9.17) is 0 Å². The van der Waals surface area contributed by atoms with E-state index in [0.717, 1.165) is 5.69 Å². The number of fused-ring (bicyclic) bond motifs is 18. The van der Waals surface area contributed by atoms with E-state index in [1.165, 1.54) is 126 Å². The van der Waals surface area contributed by atoms with E-state index in [9.17, 15) is 0 Å². The molecule has 0 amide bonds. The lowest BCUT2D eigenvalue weighted by molar-refractivity contribution is 0.661. The minimum absolute atomic E-state index is 0.120. The average molecular weight is 801 g/mol. The molecule has 0 radical (unpaired) electrons. The average Bonchev–Trinajstić information content (AvgIpc) is 3.93. The molecule has 1 aliphatic carbocycles. The molecule has 0 unspecified atom stereocenters. The van der Waals surface area contributed by atoms with Gasteiger partial charge in [-0.25, -0.2) is 0 Å². The van der Waals surface area contributed by atoms with Crippen LogP contribution in [0.25, 0.3) is 120 Å². The van der Waals surface area contributed by atoms with Crippen LogP contribution in [0.4, 0.5) is 0 Å². The minimum atomic E-state index is -0.120. The van der Waals surface area contributed by atoms with Crippen LogP contribution in [0.1, 0.15) is 25.0 Å². The van der Waals surface area contributed by atoms with Crippen LogP contribution in [0, 0.1) is 0 Å². The van der Waals surface area contributed by atoms with Crippen molar-refractivity contribution in [2.75, 3.05) is 0 Å². The molecular weight excluding hydrogens is 761 g/mol. The van der Waals surface area contributed by atoms with Gasteiger partial charge in [-0.2, -0.15) is 0 Å². The van der Waals surface area contributed by atoms with Crippen molar-refractivity contribution in [2.24, 2.45) is 0 Å². The van der Waals surface area contributed by atoms with Gasteiger partial charge in [-0.05, 0) is 120 Å². The number of rotatable bonds is 3. The number of para-hydroxylation sites is 1. The summed E-state index contributed by atoms with van der Waals surface area (Å²) in [7, 11) is 0. The summed E-state index contributed by atoms with van der Waals surface area (Å²) in [6, 6.07) is 77.1. The second-order valence-corrected chi connectivity index (χ2v) is 18.0. The molecule has 0 spiro atoms. The van der Waals surface area contributed by atoms with E-state index in [1.807, 2.05) is 0 Å². The molecule has 0 saturated carbocycles. The van der Waals surface area contributed by atoms with Crippen molar-refractivity contribution < 1.29 is 0 Å². The fourth-order valence-electron chi connectivity index (χ4n) is 11.6. The van der Waals surface area contributed by atoms with Crippen molar-refractivity contribution >= 4 is 86.7 Å². The number of aromatic nitrogens is 2. The number of hydrogen-bond donors (Lipinski definition) is 0. The van der Waals surface area contributed by atoms with Gasteiger partial charge in [0.1, 0.15) is 0 Å². The van der Waals surface area contributed by atoms with Gasteiger partial charge in [-0.15, -0.1) is 0 Å². The molecule has 0 fully saturated rings. The predicted octanol–water partition coefficient (Wildman–Crippen LogP) is 16.5. The highest BCUT2D eigenvalue weighted by atomic mass is 15.0. The summed E-state index contributed by atoms with van der Waals surface area (Å²) in [5, 5.41) is 15.4. The first-order chi connectivity index (χ1) is 31.0. The van der Waals surface area contributed by atoms with E-state index in [0.29, 0.717) is 0 Å². The van der Waals surface area contributed by atoms with E-state index in [-0.39, 0.29) is 5.41 Å². The van der Waals surface area contributed by atoms with Crippen LogP contribution in [0.5, 0.6) is 0 Å². The minimum Gasteiger partial charge on any atom is -0.309 e. The molecular formula is C61H40N2. The maximum absolute atomic E-state index is 2.53. The van der Waals surface area contributed by atoms with Gasteiger partial charge in [-0.3, -0.25) is 0 Å². The Bertz CT molecular complexity index is 4050. The largest absolute Gasteiger partial charge is 0.309 e. The van der Waals surface area contributed by atoms with Crippen molar-refractivity contribution in [1.29, 1.82) is 0 Å². The van der Waals surface area contributed by atoms with Crippen LogP contribution >= 0.6 is 0 Å². The molecule has 2 heterocycles. The zero-order valence-electron chi connectivity index (χ0n) is 35.0. The molecule has 2 nitrogen and oxygen atoms in total. The molecule has 0 atom stereocenters. The van der Waals surface area contributed by atoms with Gasteiger partial charge < -0.3 is 9.13 Å². The zero-order chi connectivity index (χ0) is 41.6. The van der Waals surface area contributed by atoms with Crippen LogP contribution in [0.3, 0.4) is 0 Å². The van der Waals surface area contributed by atoms with Crippen molar-refractivity contribution in [3.05, 3.63) is 217 Å². The smallest absolute Gasteiger partial charge is 0.0619 e. The molecule has 11 aromatic carbocycles. The predicted molar refractivity (Wildman–Crippen MR) is 268 cm³/mol. The Kier molecular flexibility index (Phi) is 6.93. The maximum atomic E-state index is 2.53. The monoisotopic (exact) mass is 800 g/mol. The van der Waals surface area contributed by atoms with Crippen LogP contribution in [-0.2, 0) is 5.41 Å². The maximum Gasteiger partial charge on any atom is 0.0619 e. The first-order valence-electron chi connectivity index (χ1n) is 22.1. The lowest BCUT2D eigenvalue weighted by atomic mass is 9.82. The molecule has 294 valence electrons. The van der Waals surface area contributed by atoms with Gasteiger partial charge >= 0.3 is 0 Å². The fourth-order valence-corrected chi connectivity index (χ4v) is 11.6. The number of hydrogen-bond acceptors (Lipinski definition) is 0. The molecule has 2 aromatic heterocycles. The van der Waals surface area contributed by atoms with Gasteiger partial charge in [0.25, 0.3) is 0 Å². The first-order valence-corrected chi connectivity index (χ1v) is 22.1. The van der Waals surface area contributed by atoms with Gasteiger partial charge in [0, 0.05) is 49.1 Å². The lowest BCUT2D eigenvalue weighted by Gasteiger charge is -2.21. The second-order valence-electron chi connectivity index (χ2n) is 18.0. The molecule has 1 aliphatic rings. The van der Waals surface area contributed by atoms with Gasteiger partial charge in [0.15, 0.2) is 0 Å². The topological polar surface area (TPSA) is 9.86 Å². The Morgan fingerprint density at radius 1 is 0.317 bits per heavy atom. The van der Waals surface area contributed by atoms with Crippen LogP contribution in [0.15, 0.2) is 206 Å². The molecule has 0 aliphatic heterocycles. The third kappa shape index (κ3) is 4.67. The zero-order valence-corrected chi connectivity index (χ0v) is 35.0. The highest BCUT2D eigenvalue weighted by molar-refractivity contribution is 6.35. The Labute approximate surface area is 364 Å². The third-order valence-electron chi connectivity index (χ3n) is 14.5. The Balaban J connectivity index is 1.01. The summed E-state index contributed by atoms with van der Waals surface area (Å²) in [6.45, 7) is 4.77. The molecule has 14 rings (SSSR count). The highest BCUT2D eigenvalue weighted by Crippen LogP contribution is 2.52. The summed E-state index contributed by atoms with van der Waals surface area (Å²) < 4.78 is 4.97. The lowest BCUT2D eigenvalue weighted by Crippen LogP contribution is -2.14. The number of nitrogens with zero attached hydrogens (tertiary/aromatic N) is 2. The van der Waals surface area contributed by atoms with E-state index < -0.39 is 0 Å². The SMILES string of the molecule is CC1(C)c2ccccc2-c2cc3c4c5c6ccccc6c6ccccc6c5ccc4n(-c4ccc(-c5ccc6c(c5)c5ccc7ccccc7c5n6-c5ccccc5)cc4)c3cc21. The molecule has 63 heavy (non-hydrogen) atoms. The molecule has 2 heteroatoms. The van der Waals surface area contributed by atoms with Crippen molar-refractivity contribution in [3.63, 3.8) is 0 Å². The van der Waals surface area contributed by atoms with E-state index in [1.54, 1.807) is 0 Å². The summed E-state index contributed by atoms with van der Waals surface area (Å²) >= 11 is 0. The molecule has 0 N–H and O–H groups in total. The van der Waals surface area contributed by atoms with Crippen molar-refractivity contribution in [2.45, 2.75) is 19.3 Å². The summed E-state index contributed by atoms with van der Waals surface area (Å²) in [5.41, 5.74) is 15.0. The standard InChI is InChI=1S/C61H40N2/c1-61(2)53-23-13-12-21-46(53)50-35-52-57(36-54(50)61)62(56-33-31-48-45-20-9-8-18-43(45)44-19-10-11-22-47(44)58(48)59(52)56)41-28-24-37(25-29-41)39-27-32-55-51(34-39)49-30-26-38-14-6-7-17-42(38)60(49)63(55)40-15-4-3-5-16-40/h3-36H,1-2H3. The molecule has 13 aromatic rings. The van der Waals surface area contributed by atoms with Crippen LogP contribution < -0.4 is 0 Å². The third-order valence-corrected chi connectivity index (χ3v) is 14.5. The molecule has 0 saturated heterocycles.